The first-order valence-electron chi connectivity index (χ1n) is 9.90. The van der Waals surface area contributed by atoms with Crippen LogP contribution in [-0.2, 0) is 16.0 Å². The number of hydroxylamine groups is 1. The van der Waals surface area contributed by atoms with Crippen molar-refractivity contribution in [1.82, 2.24) is 15.3 Å². The highest BCUT2D eigenvalue weighted by atomic mass is 32.1. The van der Waals surface area contributed by atoms with Crippen molar-refractivity contribution in [3.63, 3.8) is 0 Å². The van der Waals surface area contributed by atoms with Crippen molar-refractivity contribution >= 4 is 34.9 Å². The van der Waals surface area contributed by atoms with E-state index in [0.29, 0.717) is 38.0 Å². The molecule has 30 heavy (non-hydrogen) atoms. The highest BCUT2D eigenvalue weighted by Gasteiger charge is 2.38. The summed E-state index contributed by atoms with van der Waals surface area (Å²) in [6, 6.07) is 11.1. The number of thiophene rings is 1. The fourth-order valence-corrected chi connectivity index (χ4v) is 4.25. The van der Waals surface area contributed by atoms with Gasteiger partial charge >= 0.3 is 6.03 Å². The van der Waals surface area contributed by atoms with Gasteiger partial charge in [0.15, 0.2) is 0 Å². The van der Waals surface area contributed by atoms with Crippen molar-refractivity contribution in [3.8, 4) is 0 Å². The number of benzene rings is 1. The molecule has 1 aromatic heterocycles. The normalized spacial score (nSPS) is 16.7. The summed E-state index contributed by atoms with van der Waals surface area (Å²) in [7, 11) is 0. The Kier molecular flexibility index (Phi) is 7.42. The maximum Gasteiger partial charge on any atom is 0.321 e. The summed E-state index contributed by atoms with van der Waals surface area (Å²) in [5.41, 5.74) is 2.29. The molecular formula is C21H26N4O4S. The number of hydrogen-bond acceptors (Lipinski definition) is 5. The zero-order valence-electron chi connectivity index (χ0n) is 16.8. The highest BCUT2D eigenvalue weighted by Crippen LogP contribution is 2.22. The highest BCUT2D eigenvalue weighted by molar-refractivity contribution is 7.09. The number of urea groups is 1. The summed E-state index contributed by atoms with van der Waals surface area (Å²) in [5.74, 6) is -0.913. The topological polar surface area (TPSA) is 102 Å². The SMILES string of the molecule is CC(C(=O)NO)N(CCc1cccs1)C(=O)N1CCC[C@H]1C(=O)Nc1ccccc1. The van der Waals surface area contributed by atoms with Crippen LogP contribution in [0.25, 0.3) is 0 Å². The number of amides is 4. The van der Waals surface area contributed by atoms with Crippen molar-refractivity contribution < 1.29 is 19.6 Å². The fraction of sp³-hybridized carbons (Fsp3) is 0.381. The van der Waals surface area contributed by atoms with E-state index in [9.17, 15) is 14.4 Å². The van der Waals surface area contributed by atoms with Crippen LogP contribution in [0.1, 0.15) is 24.6 Å². The minimum absolute atomic E-state index is 0.246. The van der Waals surface area contributed by atoms with Crippen molar-refractivity contribution in [2.24, 2.45) is 0 Å². The first kappa shape index (κ1) is 21.8. The molecule has 0 saturated carbocycles. The van der Waals surface area contributed by atoms with Crippen LogP contribution < -0.4 is 10.8 Å². The zero-order valence-corrected chi connectivity index (χ0v) is 17.6. The number of nitrogens with zero attached hydrogens (tertiary/aromatic N) is 2. The summed E-state index contributed by atoms with van der Waals surface area (Å²) in [4.78, 5) is 42.2. The first-order chi connectivity index (χ1) is 14.5. The van der Waals surface area contributed by atoms with Crippen molar-refractivity contribution in [3.05, 3.63) is 52.7 Å². The van der Waals surface area contributed by atoms with E-state index >= 15 is 0 Å². The molecule has 1 aromatic carbocycles. The molecule has 0 bridgehead atoms. The minimum Gasteiger partial charge on any atom is -0.324 e. The Morgan fingerprint density at radius 2 is 2.00 bits per heavy atom. The molecule has 160 valence electrons. The number of rotatable bonds is 7. The van der Waals surface area contributed by atoms with Gasteiger partial charge in [-0.05, 0) is 49.8 Å². The average Bonchev–Trinajstić information content (AvgIpc) is 3.45. The molecule has 2 atom stereocenters. The monoisotopic (exact) mass is 430 g/mol. The van der Waals surface area contributed by atoms with Gasteiger partial charge < -0.3 is 15.1 Å². The lowest BCUT2D eigenvalue weighted by atomic mass is 10.2. The molecule has 3 N–H and O–H groups in total. The number of likely N-dealkylation sites (tertiary alicyclic amines) is 1. The molecule has 1 fully saturated rings. The predicted octanol–water partition coefficient (Wildman–Crippen LogP) is 2.71. The van der Waals surface area contributed by atoms with Gasteiger partial charge in [0.1, 0.15) is 12.1 Å². The van der Waals surface area contributed by atoms with Crippen LogP contribution in [0.2, 0.25) is 0 Å². The third-order valence-corrected chi connectivity index (χ3v) is 6.16. The number of anilines is 1. The van der Waals surface area contributed by atoms with E-state index in [2.05, 4.69) is 5.32 Å². The molecule has 1 aliphatic rings. The van der Waals surface area contributed by atoms with Gasteiger partial charge in [-0.3, -0.25) is 14.8 Å². The summed E-state index contributed by atoms with van der Waals surface area (Å²) < 4.78 is 0. The molecule has 3 rings (SSSR count). The average molecular weight is 431 g/mol. The van der Waals surface area contributed by atoms with Crippen LogP contribution in [0.4, 0.5) is 10.5 Å². The van der Waals surface area contributed by atoms with E-state index in [-0.39, 0.29) is 11.9 Å². The van der Waals surface area contributed by atoms with Crippen LogP contribution in [0.5, 0.6) is 0 Å². The van der Waals surface area contributed by atoms with Gasteiger partial charge in [0.25, 0.3) is 5.91 Å². The van der Waals surface area contributed by atoms with Crippen LogP contribution >= 0.6 is 11.3 Å². The second kappa shape index (κ2) is 10.2. The van der Waals surface area contributed by atoms with Crippen molar-refractivity contribution in [2.45, 2.75) is 38.3 Å². The fourth-order valence-electron chi connectivity index (χ4n) is 3.56. The van der Waals surface area contributed by atoms with E-state index in [1.54, 1.807) is 35.9 Å². The number of nitrogens with one attached hydrogen (secondary N) is 2. The molecule has 0 radical (unpaired) electrons. The Labute approximate surface area is 179 Å². The van der Waals surface area contributed by atoms with Gasteiger partial charge in [0.05, 0.1) is 0 Å². The van der Waals surface area contributed by atoms with Crippen molar-refractivity contribution in [2.75, 3.05) is 18.4 Å². The molecule has 4 amide bonds. The van der Waals surface area contributed by atoms with Gasteiger partial charge in [-0.15, -0.1) is 11.3 Å². The number of para-hydroxylation sites is 1. The lowest BCUT2D eigenvalue weighted by Crippen LogP contribution is -2.55. The van der Waals surface area contributed by atoms with Crippen LogP contribution in [0.3, 0.4) is 0 Å². The van der Waals surface area contributed by atoms with Crippen LogP contribution in [0.15, 0.2) is 47.8 Å². The number of carbonyl (C=O) groups is 3. The Morgan fingerprint density at radius 3 is 2.67 bits per heavy atom. The summed E-state index contributed by atoms with van der Waals surface area (Å²) in [6.45, 7) is 2.30. The quantitative estimate of drug-likeness (QED) is 0.464. The summed E-state index contributed by atoms with van der Waals surface area (Å²) >= 11 is 1.58. The Balaban J connectivity index is 1.73. The predicted molar refractivity (Wildman–Crippen MR) is 114 cm³/mol. The number of hydrogen-bond donors (Lipinski definition) is 3. The Hall–Kier alpha value is -2.91. The van der Waals surface area contributed by atoms with Gasteiger partial charge in [0, 0.05) is 23.7 Å². The Bertz CT molecular complexity index is 859. The van der Waals surface area contributed by atoms with Crippen molar-refractivity contribution in [1.29, 1.82) is 0 Å². The molecule has 2 heterocycles. The van der Waals surface area contributed by atoms with Gasteiger partial charge in [0.2, 0.25) is 5.91 Å². The number of carbonyl (C=O) groups excluding carboxylic acids is 3. The molecule has 1 saturated heterocycles. The Morgan fingerprint density at radius 1 is 1.23 bits per heavy atom. The molecule has 9 heteroatoms. The van der Waals surface area contributed by atoms with E-state index in [4.69, 9.17) is 5.21 Å². The third kappa shape index (κ3) is 5.17. The molecule has 2 aromatic rings. The largest absolute Gasteiger partial charge is 0.324 e. The molecule has 1 unspecified atom stereocenters. The lowest BCUT2D eigenvalue weighted by molar-refractivity contribution is -0.133. The van der Waals surface area contributed by atoms with Crippen LogP contribution in [-0.4, -0.2) is 58.0 Å². The van der Waals surface area contributed by atoms with E-state index in [1.807, 2.05) is 35.7 Å². The second-order valence-electron chi connectivity index (χ2n) is 7.16. The molecule has 8 nitrogen and oxygen atoms in total. The maximum absolute atomic E-state index is 13.3. The molecular weight excluding hydrogens is 404 g/mol. The van der Waals surface area contributed by atoms with E-state index < -0.39 is 18.0 Å². The lowest BCUT2D eigenvalue weighted by Gasteiger charge is -2.34. The van der Waals surface area contributed by atoms with E-state index in [1.165, 1.54) is 9.80 Å². The minimum atomic E-state index is -0.874. The molecule has 0 spiro atoms. The van der Waals surface area contributed by atoms with Gasteiger partial charge in [-0.25, -0.2) is 10.3 Å². The molecule has 1 aliphatic heterocycles. The van der Waals surface area contributed by atoms with E-state index in [0.717, 1.165) is 4.88 Å². The molecule has 0 aliphatic carbocycles. The smallest absolute Gasteiger partial charge is 0.321 e. The summed E-state index contributed by atoms with van der Waals surface area (Å²) in [5, 5.41) is 13.9. The zero-order chi connectivity index (χ0) is 21.5. The maximum atomic E-state index is 13.3. The van der Waals surface area contributed by atoms with Gasteiger partial charge in [-0.1, -0.05) is 24.3 Å². The van der Waals surface area contributed by atoms with Gasteiger partial charge in [-0.2, -0.15) is 0 Å². The van der Waals surface area contributed by atoms with Crippen LogP contribution in [0, 0.1) is 0 Å². The third-order valence-electron chi connectivity index (χ3n) is 5.22. The second-order valence-corrected chi connectivity index (χ2v) is 8.20. The first-order valence-corrected chi connectivity index (χ1v) is 10.8. The standard InChI is InChI=1S/C21H26N4O4S/c1-15(19(26)23-29)24(13-11-17-9-6-14-30-17)21(28)25-12-5-10-18(25)20(27)22-16-7-3-2-4-8-16/h2-4,6-9,14-15,18,29H,5,10-13H2,1H3,(H,22,27)(H,23,26)/t15?,18-/m0/s1. The summed E-state index contributed by atoms with van der Waals surface area (Å²) in [6.07, 6.45) is 1.85.